The number of nitrogens with one attached hydrogen (secondary N) is 1. The lowest BCUT2D eigenvalue weighted by Gasteiger charge is -2.31. The molecular weight excluding hydrogens is 232 g/mol. The normalized spacial score (nSPS) is 17.2. The van der Waals surface area contributed by atoms with E-state index in [0.717, 1.165) is 12.5 Å². The molecule has 0 heterocycles. The average molecular weight is 260 g/mol. The molecule has 1 aliphatic carbocycles. The van der Waals surface area contributed by atoms with Crippen LogP contribution in [0.2, 0.25) is 0 Å². The van der Waals surface area contributed by atoms with Gasteiger partial charge in [-0.1, -0.05) is 29.8 Å². The van der Waals surface area contributed by atoms with Gasteiger partial charge in [-0.05, 0) is 52.1 Å². The topological polar surface area (TPSA) is 15.3 Å². The van der Waals surface area contributed by atoms with Crippen molar-refractivity contribution in [3.8, 4) is 0 Å². The van der Waals surface area contributed by atoms with Crippen LogP contribution in [-0.2, 0) is 0 Å². The minimum Gasteiger partial charge on any atom is -0.312 e. The molecule has 0 radical (unpaired) electrons. The molecule has 0 amide bonds. The first-order valence-electron chi connectivity index (χ1n) is 7.58. The second kappa shape index (κ2) is 6.53. The Morgan fingerprint density at radius 3 is 2.32 bits per heavy atom. The lowest BCUT2D eigenvalue weighted by Crippen LogP contribution is -2.39. The Morgan fingerprint density at radius 1 is 1.21 bits per heavy atom. The minimum atomic E-state index is 0.432. The lowest BCUT2D eigenvalue weighted by molar-refractivity contribution is 0.192. The number of benzene rings is 1. The van der Waals surface area contributed by atoms with Crippen LogP contribution < -0.4 is 5.32 Å². The number of likely N-dealkylation sites (N-methyl/N-ethyl adjacent to an activating group) is 1. The molecule has 2 heteroatoms. The number of rotatable bonds is 7. The van der Waals surface area contributed by atoms with E-state index < -0.39 is 0 Å². The lowest BCUT2D eigenvalue weighted by atomic mass is 10.0. The molecule has 1 atom stereocenters. The first kappa shape index (κ1) is 14.5. The molecule has 1 aromatic rings. The average Bonchev–Trinajstić information content (AvgIpc) is 3.19. The van der Waals surface area contributed by atoms with Crippen LogP contribution in [0.25, 0.3) is 0 Å². The number of nitrogens with zero attached hydrogens (tertiary/aromatic N) is 1. The van der Waals surface area contributed by atoms with Crippen molar-refractivity contribution in [3.05, 3.63) is 35.4 Å². The zero-order chi connectivity index (χ0) is 13.8. The Hall–Kier alpha value is -0.860. The van der Waals surface area contributed by atoms with Crippen molar-refractivity contribution < 1.29 is 0 Å². The SMILES string of the molecule is CNC(CN(CC1CC1)C(C)C)c1ccc(C)cc1. The number of hydrogen-bond acceptors (Lipinski definition) is 2. The van der Waals surface area contributed by atoms with E-state index in [-0.39, 0.29) is 0 Å². The van der Waals surface area contributed by atoms with Crippen LogP contribution in [0.3, 0.4) is 0 Å². The fourth-order valence-corrected chi connectivity index (χ4v) is 2.52. The van der Waals surface area contributed by atoms with Gasteiger partial charge in [0.2, 0.25) is 0 Å². The molecule has 1 unspecified atom stereocenters. The van der Waals surface area contributed by atoms with Crippen LogP contribution in [0, 0.1) is 12.8 Å². The van der Waals surface area contributed by atoms with Crippen molar-refractivity contribution in [3.63, 3.8) is 0 Å². The predicted molar refractivity (Wildman–Crippen MR) is 82.4 cm³/mol. The van der Waals surface area contributed by atoms with Gasteiger partial charge in [0.15, 0.2) is 0 Å². The van der Waals surface area contributed by atoms with Gasteiger partial charge in [-0.3, -0.25) is 4.90 Å². The maximum Gasteiger partial charge on any atom is 0.0446 e. The maximum absolute atomic E-state index is 3.48. The van der Waals surface area contributed by atoms with E-state index in [0.29, 0.717) is 12.1 Å². The number of hydrogen-bond donors (Lipinski definition) is 1. The quantitative estimate of drug-likeness (QED) is 0.808. The van der Waals surface area contributed by atoms with Gasteiger partial charge >= 0.3 is 0 Å². The fraction of sp³-hybridized carbons (Fsp3) is 0.647. The van der Waals surface area contributed by atoms with E-state index in [4.69, 9.17) is 0 Å². The standard InChI is InChI=1S/C17H28N2/c1-13(2)19(11-15-7-8-15)12-17(18-4)16-9-5-14(3)6-10-16/h5-6,9-10,13,15,17-18H,7-8,11-12H2,1-4H3. The van der Waals surface area contributed by atoms with E-state index in [1.54, 1.807) is 0 Å². The summed E-state index contributed by atoms with van der Waals surface area (Å²) in [5.41, 5.74) is 2.73. The van der Waals surface area contributed by atoms with Crippen LogP contribution in [0.1, 0.15) is 43.9 Å². The summed E-state index contributed by atoms with van der Waals surface area (Å²) >= 11 is 0. The van der Waals surface area contributed by atoms with Crippen molar-refractivity contribution in [1.82, 2.24) is 10.2 Å². The molecule has 1 saturated carbocycles. The van der Waals surface area contributed by atoms with Gasteiger partial charge in [0.25, 0.3) is 0 Å². The highest BCUT2D eigenvalue weighted by atomic mass is 15.2. The highest BCUT2D eigenvalue weighted by molar-refractivity contribution is 5.24. The van der Waals surface area contributed by atoms with Crippen molar-refractivity contribution in [2.24, 2.45) is 5.92 Å². The van der Waals surface area contributed by atoms with Crippen LogP contribution in [0.15, 0.2) is 24.3 Å². The van der Waals surface area contributed by atoms with Gasteiger partial charge in [-0.25, -0.2) is 0 Å². The molecule has 1 aliphatic rings. The third-order valence-electron chi connectivity index (χ3n) is 4.17. The Labute approximate surface area is 118 Å². The van der Waals surface area contributed by atoms with Crippen molar-refractivity contribution in [1.29, 1.82) is 0 Å². The summed E-state index contributed by atoms with van der Waals surface area (Å²) in [6, 6.07) is 9.99. The molecule has 19 heavy (non-hydrogen) atoms. The van der Waals surface area contributed by atoms with Crippen LogP contribution in [-0.4, -0.2) is 31.1 Å². The van der Waals surface area contributed by atoms with E-state index >= 15 is 0 Å². The first-order valence-corrected chi connectivity index (χ1v) is 7.58. The molecule has 0 aliphatic heterocycles. The summed E-state index contributed by atoms with van der Waals surface area (Å²) in [6.45, 7) is 9.13. The van der Waals surface area contributed by atoms with E-state index in [9.17, 15) is 0 Å². The van der Waals surface area contributed by atoms with Crippen LogP contribution in [0.5, 0.6) is 0 Å². The Balaban J connectivity index is 2.01. The predicted octanol–water partition coefficient (Wildman–Crippen LogP) is 3.38. The summed E-state index contributed by atoms with van der Waals surface area (Å²) in [7, 11) is 2.07. The second-order valence-corrected chi connectivity index (χ2v) is 6.24. The summed E-state index contributed by atoms with van der Waals surface area (Å²) < 4.78 is 0. The van der Waals surface area contributed by atoms with Crippen LogP contribution in [0.4, 0.5) is 0 Å². The zero-order valence-electron chi connectivity index (χ0n) is 12.8. The monoisotopic (exact) mass is 260 g/mol. The molecule has 106 valence electrons. The molecule has 1 aromatic carbocycles. The van der Waals surface area contributed by atoms with E-state index in [2.05, 4.69) is 62.3 Å². The summed E-state index contributed by atoms with van der Waals surface area (Å²) in [4.78, 5) is 2.62. The van der Waals surface area contributed by atoms with Gasteiger partial charge in [0.1, 0.15) is 0 Å². The Morgan fingerprint density at radius 2 is 1.84 bits per heavy atom. The highest BCUT2D eigenvalue weighted by Gasteiger charge is 2.26. The van der Waals surface area contributed by atoms with Gasteiger partial charge in [-0.2, -0.15) is 0 Å². The molecule has 1 N–H and O–H groups in total. The second-order valence-electron chi connectivity index (χ2n) is 6.24. The zero-order valence-corrected chi connectivity index (χ0v) is 12.8. The van der Waals surface area contributed by atoms with E-state index in [1.807, 2.05) is 0 Å². The number of aryl methyl sites for hydroxylation is 1. The fourth-order valence-electron chi connectivity index (χ4n) is 2.52. The van der Waals surface area contributed by atoms with E-state index in [1.165, 1.54) is 30.5 Å². The molecule has 2 rings (SSSR count). The summed E-state index contributed by atoms with van der Waals surface area (Å²) in [5, 5.41) is 3.48. The van der Waals surface area contributed by atoms with Crippen molar-refractivity contribution >= 4 is 0 Å². The third-order valence-corrected chi connectivity index (χ3v) is 4.17. The van der Waals surface area contributed by atoms with Gasteiger partial charge < -0.3 is 5.32 Å². The van der Waals surface area contributed by atoms with Crippen molar-refractivity contribution in [2.45, 2.75) is 45.7 Å². The Bertz CT molecular complexity index is 379. The van der Waals surface area contributed by atoms with Gasteiger partial charge in [0, 0.05) is 25.2 Å². The first-order chi connectivity index (χ1) is 9.10. The molecule has 0 spiro atoms. The molecular formula is C17H28N2. The molecule has 0 saturated heterocycles. The van der Waals surface area contributed by atoms with Crippen LogP contribution >= 0.6 is 0 Å². The molecule has 0 bridgehead atoms. The van der Waals surface area contributed by atoms with Crippen molar-refractivity contribution in [2.75, 3.05) is 20.1 Å². The van der Waals surface area contributed by atoms with Gasteiger partial charge in [-0.15, -0.1) is 0 Å². The summed E-state index contributed by atoms with van der Waals surface area (Å²) in [5.74, 6) is 0.956. The maximum atomic E-state index is 3.48. The smallest absolute Gasteiger partial charge is 0.0446 e. The largest absolute Gasteiger partial charge is 0.312 e. The molecule has 2 nitrogen and oxygen atoms in total. The third kappa shape index (κ3) is 4.32. The molecule has 0 aromatic heterocycles. The summed E-state index contributed by atoms with van der Waals surface area (Å²) in [6.07, 6.45) is 2.86. The minimum absolute atomic E-state index is 0.432. The Kier molecular flexibility index (Phi) is 5.00. The molecule has 1 fully saturated rings. The highest BCUT2D eigenvalue weighted by Crippen LogP contribution is 2.31. The van der Waals surface area contributed by atoms with Gasteiger partial charge in [0.05, 0.1) is 0 Å².